The lowest BCUT2D eigenvalue weighted by molar-refractivity contribution is 0.370. The highest BCUT2D eigenvalue weighted by molar-refractivity contribution is 7.22. The van der Waals surface area contributed by atoms with E-state index in [0.717, 1.165) is 32.4 Å². The Balaban J connectivity index is 1.55. The number of fused-ring (bicyclic) bond motifs is 4. The first-order valence-electron chi connectivity index (χ1n) is 10.8. The number of hydrogen-bond donors (Lipinski definition) is 4. The van der Waals surface area contributed by atoms with Crippen molar-refractivity contribution in [2.45, 2.75) is 18.9 Å². The number of aromatic hydroxyl groups is 1. The minimum Gasteiger partial charge on any atom is -0.504 e. The zero-order chi connectivity index (χ0) is 22.7. The molecule has 0 spiro atoms. The number of hydrogen-bond acceptors (Lipinski definition) is 7. The fourth-order valence-corrected chi connectivity index (χ4v) is 5.93. The molecule has 2 aromatic heterocycles. The van der Waals surface area contributed by atoms with Crippen LogP contribution >= 0.6 is 11.3 Å². The molecule has 0 bridgehead atoms. The van der Waals surface area contributed by atoms with Gasteiger partial charge in [-0.3, -0.25) is 5.10 Å². The minimum atomic E-state index is 0.0595. The number of aromatic amines is 1. The first kappa shape index (κ1) is 19.9. The number of H-pyrrole nitrogens is 1. The smallest absolute Gasteiger partial charge is 0.181 e. The average molecular weight is 458 g/mol. The molecule has 1 unspecified atom stereocenters. The largest absolute Gasteiger partial charge is 0.504 e. The molecule has 7 nitrogen and oxygen atoms in total. The molecule has 0 saturated carbocycles. The van der Waals surface area contributed by atoms with Crippen LogP contribution in [0.5, 0.6) is 11.5 Å². The summed E-state index contributed by atoms with van der Waals surface area (Å²) in [5, 5.41) is 23.0. The first-order valence-corrected chi connectivity index (χ1v) is 11.6. The topological polar surface area (TPSA) is 109 Å². The third-order valence-corrected chi connectivity index (χ3v) is 7.54. The van der Waals surface area contributed by atoms with Gasteiger partial charge in [-0.1, -0.05) is 30.4 Å². The van der Waals surface area contributed by atoms with E-state index in [-0.39, 0.29) is 23.6 Å². The van der Waals surface area contributed by atoms with Crippen LogP contribution in [0, 0.1) is 5.92 Å². The Morgan fingerprint density at radius 1 is 1.09 bits per heavy atom. The van der Waals surface area contributed by atoms with Gasteiger partial charge >= 0.3 is 0 Å². The lowest BCUT2D eigenvalue weighted by Gasteiger charge is -2.40. The van der Waals surface area contributed by atoms with Gasteiger partial charge < -0.3 is 20.9 Å². The standard InChI is InChI=1S/C25H23N5O2S/c1-12-22(13-4-8-19(31)20(9-13)32-2)23-15-11-27-30-16(15)6-7-18(23)28-24(12)14-3-5-17-21(10-14)33-25(26)29-17/h3-12,22,24,28,31H,1-2H3,(H2,26,29)(H,27,30)/t12-,22+,24?/m1/s1. The number of nitrogens with two attached hydrogens (primary N) is 1. The number of nitrogens with zero attached hydrogens (tertiary/aromatic N) is 2. The lowest BCUT2D eigenvalue weighted by atomic mass is 9.72. The van der Waals surface area contributed by atoms with Crippen molar-refractivity contribution in [3.63, 3.8) is 0 Å². The summed E-state index contributed by atoms with van der Waals surface area (Å²) in [6.45, 7) is 2.26. The summed E-state index contributed by atoms with van der Waals surface area (Å²) in [6.07, 6.45) is 1.89. The monoisotopic (exact) mass is 457 g/mol. The van der Waals surface area contributed by atoms with Crippen LogP contribution in [-0.4, -0.2) is 27.4 Å². The molecule has 1 aliphatic heterocycles. The summed E-state index contributed by atoms with van der Waals surface area (Å²) in [7, 11) is 1.58. The number of aromatic nitrogens is 3. The molecule has 0 fully saturated rings. The van der Waals surface area contributed by atoms with E-state index in [4.69, 9.17) is 10.5 Å². The molecule has 6 rings (SSSR count). The minimum absolute atomic E-state index is 0.0595. The van der Waals surface area contributed by atoms with Crippen molar-refractivity contribution in [3.8, 4) is 11.5 Å². The number of phenols is 1. The Kier molecular flexibility index (Phi) is 4.45. The van der Waals surface area contributed by atoms with Gasteiger partial charge in [0.15, 0.2) is 16.6 Å². The SMILES string of the molecule is COc1cc([C@H]2c3c(ccc4[nH]ncc34)NC(c3ccc4nc(N)sc4c3)[C@@H]2C)ccc1O. The van der Waals surface area contributed by atoms with Crippen LogP contribution in [0.3, 0.4) is 0 Å². The molecule has 3 aromatic carbocycles. The van der Waals surface area contributed by atoms with E-state index in [1.807, 2.05) is 24.4 Å². The molecule has 0 aliphatic carbocycles. The zero-order valence-electron chi connectivity index (χ0n) is 18.2. The summed E-state index contributed by atoms with van der Waals surface area (Å²) in [6, 6.07) is 16.2. The fourth-order valence-electron chi connectivity index (χ4n) is 5.15. The van der Waals surface area contributed by atoms with Crippen LogP contribution in [0.15, 0.2) is 54.7 Å². The quantitative estimate of drug-likeness (QED) is 0.289. The number of anilines is 2. The van der Waals surface area contributed by atoms with Gasteiger partial charge in [0.2, 0.25) is 0 Å². The van der Waals surface area contributed by atoms with Crippen molar-refractivity contribution in [2.24, 2.45) is 5.92 Å². The highest BCUT2D eigenvalue weighted by Crippen LogP contribution is 2.51. The van der Waals surface area contributed by atoms with Gasteiger partial charge in [-0.05, 0) is 59.0 Å². The Bertz CT molecular complexity index is 1510. The Hall–Kier alpha value is -3.78. The van der Waals surface area contributed by atoms with Gasteiger partial charge in [0.25, 0.3) is 0 Å². The number of benzene rings is 3. The average Bonchev–Trinajstić information content (AvgIpc) is 3.44. The van der Waals surface area contributed by atoms with Crippen LogP contribution in [0.4, 0.5) is 10.8 Å². The van der Waals surface area contributed by atoms with E-state index in [2.05, 4.69) is 51.7 Å². The summed E-state index contributed by atoms with van der Waals surface area (Å²) in [5.41, 5.74) is 12.4. The number of phenolic OH excluding ortho intramolecular Hbond substituents is 1. The molecule has 8 heteroatoms. The van der Waals surface area contributed by atoms with Crippen LogP contribution < -0.4 is 15.8 Å². The zero-order valence-corrected chi connectivity index (χ0v) is 19.0. The number of ether oxygens (including phenoxy) is 1. The van der Waals surface area contributed by atoms with E-state index in [1.54, 1.807) is 13.2 Å². The predicted molar refractivity (Wildman–Crippen MR) is 132 cm³/mol. The molecule has 5 aromatic rings. The van der Waals surface area contributed by atoms with E-state index in [9.17, 15) is 5.11 Å². The maximum absolute atomic E-state index is 10.2. The van der Waals surface area contributed by atoms with Crippen molar-refractivity contribution in [1.82, 2.24) is 15.2 Å². The number of nitrogen functional groups attached to an aromatic ring is 1. The van der Waals surface area contributed by atoms with E-state index < -0.39 is 0 Å². The predicted octanol–water partition coefficient (Wildman–Crippen LogP) is 5.40. The highest BCUT2D eigenvalue weighted by Gasteiger charge is 2.37. The van der Waals surface area contributed by atoms with E-state index in [0.29, 0.717) is 10.9 Å². The van der Waals surface area contributed by atoms with E-state index in [1.165, 1.54) is 22.5 Å². The Morgan fingerprint density at radius 3 is 2.79 bits per heavy atom. The number of thiazole rings is 1. The van der Waals surface area contributed by atoms with Crippen LogP contribution in [0.25, 0.3) is 21.1 Å². The normalized spacial score (nSPS) is 20.0. The van der Waals surface area contributed by atoms with Gasteiger partial charge in [-0.15, -0.1) is 0 Å². The van der Waals surface area contributed by atoms with Gasteiger partial charge in [0.1, 0.15) is 0 Å². The molecular weight excluding hydrogens is 434 g/mol. The molecule has 166 valence electrons. The van der Waals surface area contributed by atoms with Gasteiger partial charge in [-0.2, -0.15) is 5.10 Å². The first-order chi connectivity index (χ1) is 16.0. The van der Waals surface area contributed by atoms with Crippen molar-refractivity contribution < 1.29 is 9.84 Å². The fraction of sp³-hybridized carbons (Fsp3) is 0.200. The van der Waals surface area contributed by atoms with E-state index >= 15 is 0 Å². The number of nitrogens with one attached hydrogen (secondary N) is 2. The number of rotatable bonds is 3. The maximum Gasteiger partial charge on any atom is 0.181 e. The summed E-state index contributed by atoms with van der Waals surface area (Å²) in [5.74, 6) is 0.853. The molecule has 33 heavy (non-hydrogen) atoms. The second kappa shape index (κ2) is 7.38. The molecular formula is C25H23N5O2S. The molecule has 0 radical (unpaired) electrons. The van der Waals surface area contributed by atoms with Crippen LogP contribution in [0.2, 0.25) is 0 Å². The third-order valence-electron chi connectivity index (χ3n) is 6.69. The molecule has 3 atom stereocenters. The summed E-state index contributed by atoms with van der Waals surface area (Å²) in [4.78, 5) is 4.40. The summed E-state index contributed by atoms with van der Waals surface area (Å²) < 4.78 is 6.51. The Labute approximate surface area is 194 Å². The highest BCUT2D eigenvalue weighted by atomic mass is 32.1. The maximum atomic E-state index is 10.2. The van der Waals surface area contributed by atoms with Crippen LogP contribution in [0.1, 0.15) is 35.6 Å². The Morgan fingerprint density at radius 2 is 1.94 bits per heavy atom. The molecule has 0 amide bonds. The van der Waals surface area contributed by atoms with Crippen molar-refractivity contribution in [2.75, 3.05) is 18.2 Å². The van der Waals surface area contributed by atoms with Gasteiger partial charge in [0, 0.05) is 17.0 Å². The van der Waals surface area contributed by atoms with Crippen molar-refractivity contribution in [3.05, 3.63) is 71.4 Å². The van der Waals surface area contributed by atoms with Crippen molar-refractivity contribution >= 4 is 43.3 Å². The lowest BCUT2D eigenvalue weighted by Crippen LogP contribution is -2.30. The third kappa shape index (κ3) is 3.09. The molecule has 0 saturated heterocycles. The van der Waals surface area contributed by atoms with Gasteiger partial charge in [0.05, 0.1) is 35.1 Å². The molecule has 1 aliphatic rings. The molecule has 3 heterocycles. The molecule has 5 N–H and O–H groups in total. The second-order valence-corrected chi connectivity index (χ2v) is 9.59. The van der Waals surface area contributed by atoms with Crippen LogP contribution in [-0.2, 0) is 0 Å². The van der Waals surface area contributed by atoms with Crippen molar-refractivity contribution in [1.29, 1.82) is 0 Å². The summed E-state index contributed by atoms with van der Waals surface area (Å²) >= 11 is 1.51. The second-order valence-electron chi connectivity index (χ2n) is 8.53. The number of methoxy groups -OCH3 is 1. The van der Waals surface area contributed by atoms with Gasteiger partial charge in [-0.25, -0.2) is 4.98 Å².